The zero-order valence-corrected chi connectivity index (χ0v) is 23.5. The molecule has 0 radical (unpaired) electrons. The molecule has 0 bridgehead atoms. The minimum absolute atomic E-state index is 0.00578. The number of carboxylic acid groups (broad SMARTS) is 1. The van der Waals surface area contributed by atoms with Crippen LogP contribution in [0.15, 0.2) is 35.7 Å². The maximum atomic E-state index is 13.3. The number of ether oxygens (including phenoxy) is 1. The van der Waals surface area contributed by atoms with E-state index in [1.807, 2.05) is 7.05 Å². The number of aromatic carboxylic acids is 1. The average Bonchev–Trinajstić information content (AvgIpc) is 3.54. The molecular formula is C26H31F3N8O4S. The van der Waals surface area contributed by atoms with Crippen molar-refractivity contribution < 1.29 is 32.6 Å². The first-order valence-electron chi connectivity index (χ1n) is 13.1. The van der Waals surface area contributed by atoms with Crippen LogP contribution in [0.1, 0.15) is 28.9 Å². The van der Waals surface area contributed by atoms with Crippen molar-refractivity contribution in [3.63, 3.8) is 0 Å². The van der Waals surface area contributed by atoms with Crippen molar-refractivity contribution in [2.24, 2.45) is 11.7 Å². The quantitative estimate of drug-likeness (QED) is 0.200. The van der Waals surface area contributed by atoms with E-state index in [9.17, 15) is 22.8 Å². The van der Waals surface area contributed by atoms with Crippen molar-refractivity contribution in [2.75, 3.05) is 45.2 Å². The monoisotopic (exact) mass is 608 g/mol. The van der Waals surface area contributed by atoms with Crippen LogP contribution in [0.2, 0.25) is 0 Å². The Labute approximate surface area is 243 Å². The highest BCUT2D eigenvalue weighted by Crippen LogP contribution is 2.39. The van der Waals surface area contributed by atoms with Crippen LogP contribution < -0.4 is 16.4 Å². The third kappa shape index (κ3) is 8.30. The molecule has 3 aromatic rings. The van der Waals surface area contributed by atoms with E-state index in [1.54, 1.807) is 12.1 Å². The molecule has 5 N–H and O–H groups in total. The van der Waals surface area contributed by atoms with E-state index in [0.717, 1.165) is 19.5 Å². The number of imidazole rings is 1. The molecule has 42 heavy (non-hydrogen) atoms. The molecule has 0 aliphatic carbocycles. The highest BCUT2D eigenvalue weighted by Gasteiger charge is 2.34. The molecule has 1 saturated heterocycles. The summed E-state index contributed by atoms with van der Waals surface area (Å²) in [5, 5.41) is 18.8. The van der Waals surface area contributed by atoms with Gasteiger partial charge in [0.25, 0.3) is 0 Å². The topological polar surface area (TPSA) is 152 Å². The lowest BCUT2D eigenvalue weighted by Crippen LogP contribution is -2.45. The number of alkyl halides is 3. The Kier molecular flexibility index (Phi) is 10.2. The molecule has 4 heterocycles. The minimum atomic E-state index is -4.52. The predicted octanol–water partition coefficient (Wildman–Crippen LogP) is 2.70. The number of thioether (sulfide) groups is 1. The van der Waals surface area contributed by atoms with Gasteiger partial charge in [-0.05, 0) is 50.4 Å². The molecule has 0 unspecified atom stereocenters. The van der Waals surface area contributed by atoms with E-state index in [4.69, 9.17) is 15.6 Å². The number of rotatable bonds is 10. The molecule has 0 aromatic carbocycles. The fourth-order valence-corrected chi connectivity index (χ4v) is 5.36. The third-order valence-corrected chi connectivity index (χ3v) is 7.43. The second kappa shape index (κ2) is 13.8. The van der Waals surface area contributed by atoms with Crippen LogP contribution in [-0.2, 0) is 11.3 Å². The number of nitrogens with zero attached hydrogens (tertiary/aromatic N) is 5. The Hall–Kier alpha value is -3.94. The molecule has 2 atom stereocenters. The van der Waals surface area contributed by atoms with Crippen molar-refractivity contribution in [2.45, 2.75) is 36.0 Å². The van der Waals surface area contributed by atoms with Crippen LogP contribution in [0.4, 0.5) is 23.7 Å². The summed E-state index contributed by atoms with van der Waals surface area (Å²) in [5.41, 5.74) is 1.88. The molecule has 1 amide bonds. The van der Waals surface area contributed by atoms with E-state index in [2.05, 4.69) is 37.5 Å². The molecule has 12 nitrogen and oxygen atoms in total. The van der Waals surface area contributed by atoms with E-state index >= 15 is 0 Å². The van der Waals surface area contributed by atoms with Gasteiger partial charge in [0.1, 0.15) is 10.7 Å². The summed E-state index contributed by atoms with van der Waals surface area (Å²) in [6.45, 7) is 2.18. The van der Waals surface area contributed by atoms with Crippen LogP contribution in [0.3, 0.4) is 0 Å². The number of amides is 1. The molecule has 226 valence electrons. The molecule has 3 aromatic heterocycles. The van der Waals surface area contributed by atoms with Crippen molar-refractivity contribution in [1.29, 1.82) is 0 Å². The Morgan fingerprint density at radius 1 is 1.36 bits per heavy atom. The highest BCUT2D eigenvalue weighted by molar-refractivity contribution is 8.00. The second-order valence-corrected chi connectivity index (χ2v) is 10.7. The molecule has 0 saturated carbocycles. The molecule has 0 spiro atoms. The van der Waals surface area contributed by atoms with Gasteiger partial charge in [-0.15, -0.1) is 0 Å². The summed E-state index contributed by atoms with van der Waals surface area (Å²) in [6.07, 6.45) is 4.84. The molecule has 16 heteroatoms. The van der Waals surface area contributed by atoms with Crippen LogP contribution in [0, 0.1) is 17.8 Å². The second-order valence-electron chi connectivity index (χ2n) is 9.65. The number of nitrogens with one attached hydrogen (secondary N) is 2. The molecule has 4 rings (SSSR count). The SMILES string of the molecule is CN1CC[C@H](Nc2cccn3c(SC(F)(F)F)c(C#CCN)nc23)[C@@H](CCOC(=O)NCCn2cc(C(=O)O)cn2)C1. The Balaban J connectivity index is 1.38. The molecule has 1 aliphatic heterocycles. The lowest BCUT2D eigenvalue weighted by atomic mass is 9.89. The van der Waals surface area contributed by atoms with E-state index < -0.39 is 17.6 Å². The van der Waals surface area contributed by atoms with E-state index in [0.29, 0.717) is 17.8 Å². The maximum absolute atomic E-state index is 13.3. The van der Waals surface area contributed by atoms with Crippen molar-refractivity contribution in [3.05, 3.63) is 42.0 Å². The van der Waals surface area contributed by atoms with Gasteiger partial charge in [-0.3, -0.25) is 9.08 Å². The Morgan fingerprint density at radius 2 is 2.17 bits per heavy atom. The van der Waals surface area contributed by atoms with Crippen LogP contribution in [0.5, 0.6) is 0 Å². The fraction of sp³-hybridized carbons (Fsp3) is 0.462. The number of likely N-dealkylation sites (tertiary alicyclic amines) is 1. The number of hydrogen-bond acceptors (Lipinski definition) is 9. The number of piperidine rings is 1. The van der Waals surface area contributed by atoms with Crippen molar-refractivity contribution in [3.8, 4) is 11.8 Å². The zero-order valence-electron chi connectivity index (χ0n) is 22.7. The summed E-state index contributed by atoms with van der Waals surface area (Å²) >= 11 is -0.270. The van der Waals surface area contributed by atoms with Crippen LogP contribution >= 0.6 is 11.8 Å². The van der Waals surface area contributed by atoms with Gasteiger partial charge >= 0.3 is 17.6 Å². The molecule has 1 fully saturated rings. The van der Waals surface area contributed by atoms with Crippen molar-refractivity contribution in [1.82, 2.24) is 29.4 Å². The lowest BCUT2D eigenvalue weighted by Gasteiger charge is -2.37. The fourth-order valence-electron chi connectivity index (χ4n) is 4.70. The number of anilines is 1. The normalized spacial score (nSPS) is 17.5. The number of halogens is 3. The number of carbonyl (C=O) groups excluding carboxylic acids is 1. The Morgan fingerprint density at radius 3 is 2.88 bits per heavy atom. The van der Waals surface area contributed by atoms with Gasteiger partial charge in [0.15, 0.2) is 5.65 Å². The number of carbonyl (C=O) groups is 2. The summed E-state index contributed by atoms with van der Waals surface area (Å²) in [6, 6.07) is 3.38. The summed E-state index contributed by atoms with van der Waals surface area (Å²) < 4.78 is 48.1. The largest absolute Gasteiger partial charge is 0.478 e. The Bertz CT molecular complexity index is 1470. The van der Waals surface area contributed by atoms with Gasteiger partial charge in [-0.1, -0.05) is 5.92 Å². The van der Waals surface area contributed by atoms with Gasteiger partial charge in [-0.25, -0.2) is 14.6 Å². The van der Waals surface area contributed by atoms with Gasteiger partial charge in [0.05, 0.1) is 37.1 Å². The number of fused-ring (bicyclic) bond motifs is 1. The molecular weight excluding hydrogens is 577 g/mol. The predicted molar refractivity (Wildman–Crippen MR) is 149 cm³/mol. The first kappa shape index (κ1) is 31.0. The minimum Gasteiger partial charge on any atom is -0.478 e. The summed E-state index contributed by atoms with van der Waals surface area (Å²) in [7, 11) is 2.00. The number of alkyl carbamates (subject to hydrolysis) is 1. The maximum Gasteiger partial charge on any atom is 0.447 e. The lowest BCUT2D eigenvalue weighted by molar-refractivity contribution is -0.0330. The van der Waals surface area contributed by atoms with Gasteiger partial charge in [0.2, 0.25) is 0 Å². The standard InChI is InChI=1S/C26H31F3N8O4S/c1-35-11-6-19(17(15-35)7-13-41-25(40)31-9-12-36-16-18(14-32-36)24(38)39)33-20-5-3-10-37-22(20)34-21(4-2-8-30)23(37)42-26(27,28)29/h3,5,10,14,16-17,19,33H,6-9,11-13,15,30H2,1H3,(H,31,40)(H,38,39)/t17-,19-/m0/s1. The number of aromatic nitrogens is 4. The van der Waals surface area contributed by atoms with Crippen LogP contribution in [0.25, 0.3) is 5.65 Å². The van der Waals surface area contributed by atoms with Gasteiger partial charge in [-0.2, -0.15) is 18.3 Å². The third-order valence-electron chi connectivity index (χ3n) is 6.62. The highest BCUT2D eigenvalue weighted by atomic mass is 32.2. The number of nitrogens with two attached hydrogens (primary N) is 1. The van der Waals surface area contributed by atoms with Crippen molar-refractivity contribution >= 4 is 35.2 Å². The number of hydrogen-bond donors (Lipinski definition) is 4. The number of pyridine rings is 1. The number of carboxylic acids is 1. The zero-order chi connectivity index (χ0) is 30.3. The first-order valence-corrected chi connectivity index (χ1v) is 13.9. The van der Waals surface area contributed by atoms with E-state index in [-0.39, 0.29) is 66.2 Å². The molecule has 1 aliphatic rings. The van der Waals surface area contributed by atoms with E-state index in [1.165, 1.54) is 27.7 Å². The van der Waals surface area contributed by atoms with Gasteiger partial charge in [0, 0.05) is 43.3 Å². The summed E-state index contributed by atoms with van der Waals surface area (Å²) in [4.78, 5) is 29.7. The van der Waals surface area contributed by atoms with Crippen LogP contribution in [-0.4, -0.2) is 92.6 Å². The average molecular weight is 609 g/mol. The smallest absolute Gasteiger partial charge is 0.447 e. The first-order chi connectivity index (χ1) is 20.0. The summed E-state index contributed by atoms with van der Waals surface area (Å²) in [5.74, 6) is 4.23. The van der Waals surface area contributed by atoms with Gasteiger partial charge < -0.3 is 31.1 Å².